The molecule has 7 nitrogen and oxygen atoms in total. The maximum absolute atomic E-state index is 13.3. The van der Waals surface area contributed by atoms with Gasteiger partial charge in [0.05, 0.1) is 12.8 Å². The summed E-state index contributed by atoms with van der Waals surface area (Å²) >= 11 is 0. The van der Waals surface area contributed by atoms with Crippen LogP contribution in [0.1, 0.15) is 33.9 Å². The van der Waals surface area contributed by atoms with E-state index in [0.717, 1.165) is 41.8 Å². The fraction of sp³-hybridized carbons (Fsp3) is 0.208. The van der Waals surface area contributed by atoms with Gasteiger partial charge in [0.25, 0.3) is 0 Å². The standard InChI is InChI=1S/C24H20FN3O4/c1-30-19-11-5-15(6-12-19)23-26-17(13-31-23)14-32-24(29)22-20-3-2-4-21(20)28(27-22)18-9-7-16(25)8-10-18/h5-13H,2-4,14H2,1H3. The molecule has 1 aliphatic carbocycles. The molecule has 162 valence electrons. The van der Waals surface area contributed by atoms with Crippen molar-refractivity contribution in [2.24, 2.45) is 0 Å². The molecule has 0 bridgehead atoms. The van der Waals surface area contributed by atoms with Crippen molar-refractivity contribution in [2.45, 2.75) is 25.9 Å². The fourth-order valence-corrected chi connectivity index (χ4v) is 3.84. The van der Waals surface area contributed by atoms with E-state index in [-0.39, 0.29) is 12.4 Å². The first-order valence-corrected chi connectivity index (χ1v) is 10.2. The smallest absolute Gasteiger partial charge is 0.359 e. The Balaban J connectivity index is 1.31. The van der Waals surface area contributed by atoms with Crippen LogP contribution in [0.4, 0.5) is 4.39 Å². The van der Waals surface area contributed by atoms with Gasteiger partial charge in [-0.3, -0.25) is 0 Å². The highest BCUT2D eigenvalue weighted by molar-refractivity contribution is 5.89. The third kappa shape index (κ3) is 3.75. The molecule has 0 fully saturated rings. The molecule has 0 N–H and O–H groups in total. The number of halogens is 1. The van der Waals surface area contributed by atoms with Crippen LogP contribution in [0.25, 0.3) is 17.1 Å². The quantitative estimate of drug-likeness (QED) is 0.416. The number of benzene rings is 2. The van der Waals surface area contributed by atoms with Crippen LogP contribution in [-0.2, 0) is 24.2 Å². The monoisotopic (exact) mass is 433 g/mol. The lowest BCUT2D eigenvalue weighted by Gasteiger charge is -2.05. The summed E-state index contributed by atoms with van der Waals surface area (Å²) in [6, 6.07) is 13.4. The number of carbonyl (C=O) groups is 1. The van der Waals surface area contributed by atoms with Crippen LogP contribution in [-0.4, -0.2) is 27.8 Å². The summed E-state index contributed by atoms with van der Waals surface area (Å²) in [5, 5.41) is 4.48. The molecule has 4 aromatic rings. The van der Waals surface area contributed by atoms with E-state index < -0.39 is 5.97 Å². The van der Waals surface area contributed by atoms with E-state index in [9.17, 15) is 9.18 Å². The number of aromatic nitrogens is 3. The number of nitrogens with zero attached hydrogens (tertiary/aromatic N) is 3. The van der Waals surface area contributed by atoms with Crippen LogP contribution in [0.15, 0.2) is 59.2 Å². The molecule has 2 aromatic carbocycles. The van der Waals surface area contributed by atoms with E-state index in [0.29, 0.717) is 23.0 Å². The minimum Gasteiger partial charge on any atom is -0.497 e. The lowest BCUT2D eigenvalue weighted by molar-refractivity contribution is 0.0459. The predicted molar refractivity (Wildman–Crippen MR) is 113 cm³/mol. The number of hydrogen-bond acceptors (Lipinski definition) is 6. The predicted octanol–water partition coefficient (Wildman–Crippen LogP) is 4.52. The van der Waals surface area contributed by atoms with Crippen LogP contribution in [0.5, 0.6) is 5.75 Å². The summed E-state index contributed by atoms with van der Waals surface area (Å²) in [5.41, 5.74) is 4.15. The highest BCUT2D eigenvalue weighted by atomic mass is 19.1. The van der Waals surface area contributed by atoms with Gasteiger partial charge in [0, 0.05) is 16.8 Å². The maximum Gasteiger partial charge on any atom is 0.359 e. The molecule has 8 heteroatoms. The van der Waals surface area contributed by atoms with E-state index in [2.05, 4.69) is 10.1 Å². The van der Waals surface area contributed by atoms with Crippen LogP contribution < -0.4 is 4.74 Å². The molecule has 5 rings (SSSR count). The molecule has 0 spiro atoms. The zero-order valence-corrected chi connectivity index (χ0v) is 17.4. The first-order valence-electron chi connectivity index (χ1n) is 10.2. The van der Waals surface area contributed by atoms with Crippen molar-refractivity contribution in [1.29, 1.82) is 0 Å². The average Bonchev–Trinajstić information content (AvgIpc) is 3.55. The van der Waals surface area contributed by atoms with Crippen LogP contribution in [0.3, 0.4) is 0 Å². The van der Waals surface area contributed by atoms with Gasteiger partial charge in [0.2, 0.25) is 5.89 Å². The highest BCUT2D eigenvalue weighted by Crippen LogP contribution is 2.29. The molecule has 2 heterocycles. The van der Waals surface area contributed by atoms with Crippen molar-refractivity contribution in [1.82, 2.24) is 14.8 Å². The first-order chi connectivity index (χ1) is 15.6. The second kappa shape index (κ2) is 8.30. The van der Waals surface area contributed by atoms with Crippen LogP contribution in [0, 0.1) is 5.82 Å². The van der Waals surface area contributed by atoms with Gasteiger partial charge in [-0.25, -0.2) is 18.9 Å². The topological polar surface area (TPSA) is 79.4 Å². The van der Waals surface area contributed by atoms with Gasteiger partial charge < -0.3 is 13.9 Å². The Morgan fingerprint density at radius 3 is 2.66 bits per heavy atom. The Morgan fingerprint density at radius 2 is 1.91 bits per heavy atom. The molecule has 0 saturated carbocycles. The SMILES string of the molecule is COc1ccc(-c2nc(COC(=O)c3nn(-c4ccc(F)cc4)c4c3CCC4)co2)cc1. The van der Waals surface area contributed by atoms with Gasteiger partial charge >= 0.3 is 5.97 Å². The number of carbonyl (C=O) groups excluding carboxylic acids is 1. The van der Waals surface area contributed by atoms with E-state index in [1.54, 1.807) is 23.9 Å². The maximum atomic E-state index is 13.3. The van der Waals surface area contributed by atoms with Crippen molar-refractivity contribution in [3.05, 3.63) is 83.3 Å². The molecule has 0 aliphatic heterocycles. The number of hydrogen-bond donors (Lipinski definition) is 0. The fourth-order valence-electron chi connectivity index (χ4n) is 3.84. The molecule has 0 amide bonds. The molecular weight excluding hydrogens is 413 g/mol. The van der Waals surface area contributed by atoms with Gasteiger partial charge in [0.1, 0.15) is 30.1 Å². The highest BCUT2D eigenvalue weighted by Gasteiger charge is 2.28. The third-order valence-corrected chi connectivity index (χ3v) is 5.43. The summed E-state index contributed by atoms with van der Waals surface area (Å²) in [6.45, 7) is -0.0311. The minimum absolute atomic E-state index is 0.0311. The molecule has 0 atom stereocenters. The Labute approximate surface area is 183 Å². The molecule has 0 unspecified atom stereocenters. The van der Waals surface area contributed by atoms with Gasteiger partial charge in [-0.05, 0) is 67.8 Å². The lowest BCUT2D eigenvalue weighted by Crippen LogP contribution is -2.09. The Morgan fingerprint density at radius 1 is 1.12 bits per heavy atom. The number of esters is 1. The second-order valence-electron chi connectivity index (χ2n) is 7.46. The number of rotatable bonds is 6. The lowest BCUT2D eigenvalue weighted by atomic mass is 10.2. The second-order valence-corrected chi connectivity index (χ2v) is 7.46. The third-order valence-electron chi connectivity index (χ3n) is 5.43. The first kappa shape index (κ1) is 20.0. The van der Waals surface area contributed by atoms with Gasteiger partial charge in [-0.15, -0.1) is 0 Å². The van der Waals surface area contributed by atoms with Gasteiger partial charge in [-0.2, -0.15) is 5.10 Å². The molecule has 0 radical (unpaired) electrons. The van der Waals surface area contributed by atoms with Crippen LogP contribution >= 0.6 is 0 Å². The summed E-state index contributed by atoms with van der Waals surface area (Å²) in [6.07, 6.45) is 3.96. The van der Waals surface area contributed by atoms with E-state index >= 15 is 0 Å². The summed E-state index contributed by atoms with van der Waals surface area (Å²) < 4.78 is 31.1. The molecule has 2 aromatic heterocycles. The number of oxazole rings is 1. The van der Waals surface area contributed by atoms with E-state index in [1.807, 2.05) is 24.3 Å². The summed E-state index contributed by atoms with van der Waals surface area (Å²) in [7, 11) is 1.60. The molecule has 1 aliphatic rings. The average molecular weight is 433 g/mol. The Kier molecular flexibility index (Phi) is 5.18. The zero-order chi connectivity index (χ0) is 22.1. The number of ether oxygens (including phenoxy) is 2. The van der Waals surface area contributed by atoms with Crippen molar-refractivity contribution in [3.8, 4) is 22.9 Å². The zero-order valence-electron chi connectivity index (χ0n) is 17.4. The Bertz CT molecular complexity index is 1260. The van der Waals surface area contributed by atoms with Crippen molar-refractivity contribution < 1.29 is 23.1 Å². The van der Waals surface area contributed by atoms with Crippen molar-refractivity contribution >= 4 is 5.97 Å². The van der Waals surface area contributed by atoms with Gasteiger partial charge in [-0.1, -0.05) is 0 Å². The van der Waals surface area contributed by atoms with Crippen LogP contribution in [0.2, 0.25) is 0 Å². The van der Waals surface area contributed by atoms with E-state index in [4.69, 9.17) is 13.9 Å². The number of fused-ring (bicyclic) bond motifs is 1. The summed E-state index contributed by atoms with van der Waals surface area (Å²) in [5.74, 6) is 0.332. The van der Waals surface area contributed by atoms with Crippen molar-refractivity contribution in [2.75, 3.05) is 7.11 Å². The Hall–Kier alpha value is -3.94. The van der Waals surface area contributed by atoms with Gasteiger partial charge in [0.15, 0.2) is 5.69 Å². The minimum atomic E-state index is -0.516. The van der Waals surface area contributed by atoms with E-state index in [1.165, 1.54) is 18.4 Å². The number of methoxy groups -OCH3 is 1. The van der Waals surface area contributed by atoms with Crippen molar-refractivity contribution in [3.63, 3.8) is 0 Å². The molecular formula is C24H20FN3O4. The summed E-state index contributed by atoms with van der Waals surface area (Å²) in [4.78, 5) is 17.2. The molecule has 32 heavy (non-hydrogen) atoms. The largest absolute Gasteiger partial charge is 0.497 e. The normalized spacial score (nSPS) is 12.6. The molecule has 0 saturated heterocycles.